The minimum absolute atomic E-state index is 0.377. The zero-order valence-electron chi connectivity index (χ0n) is 16.9. The molecule has 0 aromatic carbocycles. The Kier molecular flexibility index (Phi) is 16.9. The van der Waals surface area contributed by atoms with Gasteiger partial charge in [-0.3, -0.25) is 0 Å². The SMILES string of the molecule is CCCCCCCCC(CCCS)C(CC)(OCCC)OCCC. The minimum Gasteiger partial charge on any atom is -0.350 e. The van der Waals surface area contributed by atoms with Gasteiger partial charge in [0.1, 0.15) is 0 Å². The Morgan fingerprint density at radius 3 is 1.75 bits per heavy atom. The molecule has 0 radical (unpaired) electrons. The maximum Gasteiger partial charge on any atom is 0.170 e. The van der Waals surface area contributed by atoms with Gasteiger partial charge in [-0.05, 0) is 44.3 Å². The van der Waals surface area contributed by atoms with E-state index < -0.39 is 0 Å². The predicted octanol–water partition coefficient (Wildman–Crippen LogP) is 7.02. The Labute approximate surface area is 157 Å². The number of rotatable bonds is 18. The second kappa shape index (κ2) is 16.7. The summed E-state index contributed by atoms with van der Waals surface area (Å²) in [5, 5.41) is 0. The zero-order chi connectivity index (χ0) is 18.1. The number of hydrogen-bond acceptors (Lipinski definition) is 3. The van der Waals surface area contributed by atoms with Crippen LogP contribution >= 0.6 is 12.6 Å². The van der Waals surface area contributed by atoms with Crippen LogP contribution in [0.25, 0.3) is 0 Å². The van der Waals surface area contributed by atoms with E-state index in [1.165, 1.54) is 51.4 Å². The summed E-state index contributed by atoms with van der Waals surface area (Å²) in [6.07, 6.45) is 14.7. The molecule has 0 rings (SSSR count). The molecule has 0 bridgehead atoms. The molecule has 1 atom stereocenters. The second-order valence-corrected chi connectivity index (χ2v) is 7.43. The van der Waals surface area contributed by atoms with E-state index in [1.807, 2.05) is 0 Å². The smallest absolute Gasteiger partial charge is 0.170 e. The van der Waals surface area contributed by atoms with Gasteiger partial charge < -0.3 is 9.47 Å². The summed E-state index contributed by atoms with van der Waals surface area (Å²) in [5.74, 6) is 1.08. The molecule has 146 valence electrons. The summed E-state index contributed by atoms with van der Waals surface area (Å²) in [6, 6.07) is 0. The molecule has 0 aromatic heterocycles. The summed E-state index contributed by atoms with van der Waals surface area (Å²) in [5.41, 5.74) is 0. The van der Waals surface area contributed by atoms with Crippen molar-refractivity contribution in [1.82, 2.24) is 0 Å². The quantitative estimate of drug-likeness (QED) is 0.161. The molecule has 0 spiro atoms. The van der Waals surface area contributed by atoms with Gasteiger partial charge in [0.2, 0.25) is 0 Å². The Hall–Kier alpha value is 0.270. The van der Waals surface area contributed by atoms with Crippen LogP contribution in [0, 0.1) is 5.92 Å². The van der Waals surface area contributed by atoms with Crippen LogP contribution in [-0.4, -0.2) is 24.8 Å². The monoisotopic (exact) mass is 360 g/mol. The highest BCUT2D eigenvalue weighted by atomic mass is 32.1. The molecule has 1 unspecified atom stereocenters. The fourth-order valence-electron chi connectivity index (χ4n) is 3.41. The van der Waals surface area contributed by atoms with Crippen molar-refractivity contribution in [3.05, 3.63) is 0 Å². The molecule has 2 nitrogen and oxygen atoms in total. The molecule has 0 aliphatic heterocycles. The first-order valence-corrected chi connectivity index (χ1v) is 11.2. The lowest BCUT2D eigenvalue weighted by molar-refractivity contribution is -0.271. The zero-order valence-corrected chi connectivity index (χ0v) is 17.8. The summed E-state index contributed by atoms with van der Waals surface area (Å²) < 4.78 is 12.7. The number of thiol groups is 1. The average molecular weight is 361 g/mol. The Morgan fingerprint density at radius 1 is 0.708 bits per heavy atom. The lowest BCUT2D eigenvalue weighted by Crippen LogP contribution is -2.44. The lowest BCUT2D eigenvalue weighted by atomic mass is 9.86. The lowest BCUT2D eigenvalue weighted by Gasteiger charge is -2.40. The highest BCUT2D eigenvalue weighted by Crippen LogP contribution is 2.35. The number of unbranched alkanes of at least 4 members (excludes halogenated alkanes) is 5. The van der Waals surface area contributed by atoms with Crippen molar-refractivity contribution in [2.75, 3.05) is 19.0 Å². The van der Waals surface area contributed by atoms with Crippen molar-refractivity contribution in [1.29, 1.82) is 0 Å². The Morgan fingerprint density at radius 2 is 1.25 bits per heavy atom. The maximum atomic E-state index is 6.34. The molecule has 0 saturated carbocycles. The predicted molar refractivity (Wildman–Crippen MR) is 110 cm³/mol. The normalized spacial score (nSPS) is 13.4. The van der Waals surface area contributed by atoms with Gasteiger partial charge in [-0.1, -0.05) is 66.2 Å². The van der Waals surface area contributed by atoms with E-state index in [2.05, 4.69) is 40.3 Å². The first kappa shape index (κ1) is 24.3. The molecule has 0 aliphatic carbocycles. The first-order chi connectivity index (χ1) is 11.7. The van der Waals surface area contributed by atoms with E-state index in [9.17, 15) is 0 Å². The summed E-state index contributed by atoms with van der Waals surface area (Å²) >= 11 is 4.43. The van der Waals surface area contributed by atoms with Gasteiger partial charge in [-0.2, -0.15) is 12.6 Å². The van der Waals surface area contributed by atoms with Gasteiger partial charge in [-0.25, -0.2) is 0 Å². The van der Waals surface area contributed by atoms with Crippen molar-refractivity contribution >= 4 is 12.6 Å². The molecule has 3 heteroatoms. The van der Waals surface area contributed by atoms with E-state index in [1.54, 1.807) is 0 Å². The van der Waals surface area contributed by atoms with Crippen molar-refractivity contribution in [2.24, 2.45) is 5.92 Å². The third kappa shape index (κ3) is 10.3. The fraction of sp³-hybridized carbons (Fsp3) is 1.00. The van der Waals surface area contributed by atoms with Crippen LogP contribution in [0.3, 0.4) is 0 Å². The Balaban J connectivity index is 4.72. The van der Waals surface area contributed by atoms with Crippen LogP contribution in [0.2, 0.25) is 0 Å². The third-order valence-electron chi connectivity index (χ3n) is 4.83. The highest BCUT2D eigenvalue weighted by molar-refractivity contribution is 7.80. The van der Waals surface area contributed by atoms with Crippen LogP contribution in [0.5, 0.6) is 0 Å². The molecule has 0 N–H and O–H groups in total. The van der Waals surface area contributed by atoms with Gasteiger partial charge in [0.05, 0.1) is 0 Å². The topological polar surface area (TPSA) is 18.5 Å². The largest absolute Gasteiger partial charge is 0.350 e. The van der Waals surface area contributed by atoms with Crippen LogP contribution < -0.4 is 0 Å². The van der Waals surface area contributed by atoms with Crippen molar-refractivity contribution in [3.63, 3.8) is 0 Å². The summed E-state index contributed by atoms with van der Waals surface area (Å²) in [4.78, 5) is 0. The first-order valence-electron chi connectivity index (χ1n) is 10.6. The van der Waals surface area contributed by atoms with Gasteiger partial charge in [-0.15, -0.1) is 0 Å². The molecule has 24 heavy (non-hydrogen) atoms. The van der Waals surface area contributed by atoms with Crippen LogP contribution in [0.15, 0.2) is 0 Å². The molecule has 0 aromatic rings. The second-order valence-electron chi connectivity index (χ2n) is 6.98. The number of hydrogen-bond donors (Lipinski definition) is 1. The fourth-order valence-corrected chi connectivity index (χ4v) is 3.60. The van der Waals surface area contributed by atoms with Crippen molar-refractivity contribution in [3.8, 4) is 0 Å². The number of ether oxygens (including phenoxy) is 2. The third-order valence-corrected chi connectivity index (χ3v) is 5.15. The summed E-state index contributed by atoms with van der Waals surface area (Å²) in [6.45, 7) is 10.4. The van der Waals surface area contributed by atoms with E-state index in [0.717, 1.165) is 44.6 Å². The average Bonchev–Trinajstić information content (AvgIpc) is 2.61. The van der Waals surface area contributed by atoms with Crippen molar-refractivity contribution < 1.29 is 9.47 Å². The van der Waals surface area contributed by atoms with Crippen LogP contribution in [0.4, 0.5) is 0 Å². The molecule has 0 fully saturated rings. The van der Waals surface area contributed by atoms with Gasteiger partial charge >= 0.3 is 0 Å². The molecular formula is C21H44O2S. The van der Waals surface area contributed by atoms with E-state index in [-0.39, 0.29) is 5.79 Å². The van der Waals surface area contributed by atoms with E-state index >= 15 is 0 Å². The molecule has 0 amide bonds. The van der Waals surface area contributed by atoms with Crippen LogP contribution in [0.1, 0.15) is 105 Å². The Bertz CT molecular complexity index is 250. The van der Waals surface area contributed by atoms with E-state index in [4.69, 9.17) is 9.47 Å². The summed E-state index contributed by atoms with van der Waals surface area (Å²) in [7, 11) is 0. The van der Waals surface area contributed by atoms with Gasteiger partial charge in [0.25, 0.3) is 0 Å². The molecule has 0 aliphatic rings. The molecular weight excluding hydrogens is 316 g/mol. The minimum atomic E-state index is -0.377. The van der Waals surface area contributed by atoms with Gasteiger partial charge in [0.15, 0.2) is 5.79 Å². The maximum absolute atomic E-state index is 6.34. The van der Waals surface area contributed by atoms with E-state index in [0.29, 0.717) is 5.92 Å². The standard InChI is InChI=1S/C21H44O2S/c1-5-9-10-11-12-13-15-20(16-14-19-24)21(8-4,22-17-6-2)23-18-7-3/h20,24H,5-19H2,1-4H3. The van der Waals surface area contributed by atoms with Gasteiger partial charge in [0, 0.05) is 19.1 Å². The van der Waals surface area contributed by atoms with Crippen molar-refractivity contribution in [2.45, 2.75) is 111 Å². The molecule has 0 heterocycles. The highest BCUT2D eigenvalue weighted by Gasteiger charge is 2.38. The van der Waals surface area contributed by atoms with Crippen LogP contribution in [-0.2, 0) is 9.47 Å². The molecule has 0 saturated heterocycles.